The second-order valence-corrected chi connectivity index (χ2v) is 15.6. The molecule has 216 valence electrons. The van der Waals surface area contributed by atoms with Crippen molar-refractivity contribution >= 4 is 5.97 Å². The van der Waals surface area contributed by atoms with E-state index in [0.29, 0.717) is 40.1 Å². The second-order valence-electron chi connectivity index (χ2n) is 15.6. The number of benzene rings is 1. The maximum absolute atomic E-state index is 13.8. The van der Waals surface area contributed by atoms with Crippen molar-refractivity contribution in [2.45, 2.75) is 125 Å². The molecule has 0 aliphatic heterocycles. The number of hydrogen-bond donors (Lipinski definition) is 0. The van der Waals surface area contributed by atoms with E-state index < -0.39 is 0 Å². The predicted molar refractivity (Wildman–Crippen MR) is 162 cm³/mol. The fraction of sp³-hybridized carbons (Fsp3) is 0.757. The highest BCUT2D eigenvalue weighted by Gasteiger charge is 2.70. The van der Waals surface area contributed by atoms with Crippen molar-refractivity contribution in [2.75, 3.05) is 0 Å². The van der Waals surface area contributed by atoms with Crippen molar-refractivity contribution in [3.05, 3.63) is 48.6 Å². The van der Waals surface area contributed by atoms with E-state index in [1.54, 1.807) is 6.08 Å². The van der Waals surface area contributed by atoms with Crippen LogP contribution in [-0.4, -0.2) is 5.97 Å². The smallest absolute Gasteiger partial charge is 0.312 e. The molecule has 0 N–H and O–H groups in total. The normalized spacial score (nSPS) is 43.8. The van der Waals surface area contributed by atoms with Gasteiger partial charge in [0.1, 0.15) is 6.61 Å². The maximum atomic E-state index is 13.8. The molecule has 2 heteroatoms. The van der Waals surface area contributed by atoms with Crippen LogP contribution in [0.1, 0.15) is 124 Å². The minimum atomic E-state index is -0.226. The first-order valence-electron chi connectivity index (χ1n) is 16.3. The van der Waals surface area contributed by atoms with Crippen LogP contribution >= 0.6 is 0 Å². The fourth-order valence-corrected chi connectivity index (χ4v) is 11.9. The Hall–Kier alpha value is -1.57. The lowest BCUT2D eigenvalue weighted by Gasteiger charge is -2.72. The van der Waals surface area contributed by atoms with Gasteiger partial charge in [0.05, 0.1) is 5.41 Å². The van der Waals surface area contributed by atoms with Crippen LogP contribution < -0.4 is 0 Å². The molecule has 8 atom stereocenters. The molecule has 0 saturated heterocycles. The van der Waals surface area contributed by atoms with E-state index in [0.717, 1.165) is 30.2 Å². The van der Waals surface area contributed by atoms with Gasteiger partial charge in [0.25, 0.3) is 0 Å². The van der Waals surface area contributed by atoms with Gasteiger partial charge in [0.15, 0.2) is 0 Å². The largest absolute Gasteiger partial charge is 0.460 e. The van der Waals surface area contributed by atoms with Gasteiger partial charge in [-0.05, 0) is 122 Å². The number of esters is 1. The van der Waals surface area contributed by atoms with E-state index in [-0.39, 0.29) is 11.4 Å². The maximum Gasteiger partial charge on any atom is 0.312 e. The lowest BCUT2D eigenvalue weighted by Crippen LogP contribution is -2.65. The lowest BCUT2D eigenvalue weighted by molar-refractivity contribution is -0.236. The lowest BCUT2D eigenvalue weighted by atomic mass is 9.32. The van der Waals surface area contributed by atoms with E-state index in [1.807, 2.05) is 25.1 Å². The molecule has 0 radical (unpaired) electrons. The summed E-state index contributed by atoms with van der Waals surface area (Å²) in [4.78, 5) is 13.8. The van der Waals surface area contributed by atoms with Gasteiger partial charge in [-0.1, -0.05) is 83.9 Å². The van der Waals surface area contributed by atoms with Gasteiger partial charge < -0.3 is 4.74 Å². The Kier molecular flexibility index (Phi) is 7.69. The van der Waals surface area contributed by atoms with Crippen molar-refractivity contribution in [3.8, 4) is 0 Å². The van der Waals surface area contributed by atoms with Gasteiger partial charge in [0.2, 0.25) is 0 Å². The molecule has 5 aliphatic rings. The Morgan fingerprint density at radius 1 is 0.821 bits per heavy atom. The molecule has 5 saturated carbocycles. The van der Waals surface area contributed by atoms with Gasteiger partial charge in [0, 0.05) is 0 Å². The number of ether oxygens (including phenoxy) is 1. The Morgan fingerprint density at radius 2 is 1.54 bits per heavy atom. The fourth-order valence-electron chi connectivity index (χ4n) is 11.9. The summed E-state index contributed by atoms with van der Waals surface area (Å²) in [7, 11) is 0. The average molecular weight is 533 g/mol. The molecule has 7 unspecified atom stereocenters. The zero-order chi connectivity index (χ0) is 28.1. The predicted octanol–water partition coefficient (Wildman–Crippen LogP) is 10.2. The number of carbonyl (C=O) groups excluding carboxylic acids is 1. The Bertz CT molecular complexity index is 1040. The zero-order valence-electron chi connectivity index (χ0n) is 26.0. The molecular formula is C37H56O2. The Labute approximate surface area is 239 Å². The average Bonchev–Trinajstić information content (AvgIpc) is 3.34. The molecule has 0 amide bonds. The molecule has 1 aromatic carbocycles. The summed E-state index contributed by atoms with van der Waals surface area (Å²) < 4.78 is 6.09. The molecule has 0 heterocycles. The van der Waals surface area contributed by atoms with Gasteiger partial charge in [-0.25, -0.2) is 0 Å². The van der Waals surface area contributed by atoms with Crippen LogP contribution in [0.15, 0.2) is 43.0 Å². The highest BCUT2D eigenvalue weighted by molar-refractivity contribution is 5.78. The monoisotopic (exact) mass is 532 g/mol. The highest BCUT2D eigenvalue weighted by atomic mass is 16.5. The highest BCUT2D eigenvalue weighted by Crippen LogP contribution is 2.76. The first kappa shape index (κ1) is 28.9. The van der Waals surface area contributed by atoms with E-state index in [1.165, 1.54) is 64.2 Å². The van der Waals surface area contributed by atoms with Crippen LogP contribution in [0.5, 0.6) is 0 Å². The minimum Gasteiger partial charge on any atom is -0.460 e. The summed E-state index contributed by atoms with van der Waals surface area (Å²) in [6.07, 6.45) is 17.3. The van der Waals surface area contributed by atoms with Crippen molar-refractivity contribution in [1.29, 1.82) is 0 Å². The third-order valence-electron chi connectivity index (χ3n) is 13.7. The summed E-state index contributed by atoms with van der Waals surface area (Å²) in [5, 5.41) is 0. The van der Waals surface area contributed by atoms with Gasteiger partial charge in [-0.15, -0.1) is 6.58 Å². The van der Waals surface area contributed by atoms with Gasteiger partial charge >= 0.3 is 5.97 Å². The van der Waals surface area contributed by atoms with Crippen LogP contribution in [0.2, 0.25) is 0 Å². The van der Waals surface area contributed by atoms with Crippen LogP contribution in [0.3, 0.4) is 0 Å². The Morgan fingerprint density at radius 3 is 2.26 bits per heavy atom. The summed E-state index contributed by atoms with van der Waals surface area (Å²) in [5.41, 5.74) is 2.60. The van der Waals surface area contributed by atoms with E-state index in [9.17, 15) is 4.79 Å². The van der Waals surface area contributed by atoms with Gasteiger partial charge in [-0.2, -0.15) is 0 Å². The molecule has 0 spiro atoms. The summed E-state index contributed by atoms with van der Waals surface area (Å²) in [6, 6.07) is 10.2. The molecule has 1 aromatic rings. The molecule has 6 rings (SSSR count). The SMILES string of the molecule is C=CC.CC1(C)CCCC2(C)C1CCC1(C)C2CCC2C3CCCC3(C(=O)OCc3ccccc3)CC[C@]21C. The molecular weight excluding hydrogens is 476 g/mol. The third kappa shape index (κ3) is 4.37. The van der Waals surface area contributed by atoms with Crippen LogP contribution in [-0.2, 0) is 16.1 Å². The quantitative estimate of drug-likeness (QED) is 0.286. The third-order valence-corrected chi connectivity index (χ3v) is 13.7. The number of rotatable bonds is 3. The summed E-state index contributed by atoms with van der Waals surface area (Å²) >= 11 is 0. The van der Waals surface area contributed by atoms with Crippen LogP contribution in [0.25, 0.3) is 0 Å². The van der Waals surface area contributed by atoms with Crippen LogP contribution in [0, 0.1) is 50.7 Å². The van der Waals surface area contributed by atoms with E-state index in [2.05, 4.69) is 53.3 Å². The molecule has 0 bridgehead atoms. The molecule has 5 aliphatic carbocycles. The standard InChI is InChI=1S/C34H50O2.C3H6/c1-30(2)17-10-18-31(3)27(30)16-20-33(5)28(31)15-14-25-26-13-9-19-34(26,22-21-32(25,33)4)29(35)36-23-24-11-7-6-8-12-24;1-3-2/h6-8,11-12,25-28H,9-10,13-23H2,1-5H3;3H,1H2,2H3/t25?,26?,27?,28?,31?,32-,33?,34?;/m1./s1. The molecule has 5 fully saturated rings. The molecule has 2 nitrogen and oxygen atoms in total. The van der Waals surface area contributed by atoms with E-state index in [4.69, 9.17) is 4.74 Å². The van der Waals surface area contributed by atoms with Gasteiger partial charge in [-0.3, -0.25) is 4.79 Å². The molecule has 39 heavy (non-hydrogen) atoms. The van der Waals surface area contributed by atoms with E-state index >= 15 is 0 Å². The number of fused-ring (bicyclic) bond motifs is 7. The second kappa shape index (κ2) is 10.4. The zero-order valence-corrected chi connectivity index (χ0v) is 26.0. The summed E-state index contributed by atoms with van der Waals surface area (Å²) in [5.74, 6) is 3.03. The topological polar surface area (TPSA) is 26.3 Å². The van der Waals surface area contributed by atoms with Crippen LogP contribution in [0.4, 0.5) is 0 Å². The van der Waals surface area contributed by atoms with Crippen molar-refractivity contribution in [2.24, 2.45) is 50.7 Å². The number of carbonyl (C=O) groups is 1. The van der Waals surface area contributed by atoms with Crippen molar-refractivity contribution in [1.82, 2.24) is 0 Å². The number of allylic oxidation sites excluding steroid dienone is 1. The first-order chi connectivity index (χ1) is 18.5. The minimum absolute atomic E-state index is 0.118. The number of hydrogen-bond acceptors (Lipinski definition) is 2. The van der Waals surface area contributed by atoms with Crippen molar-refractivity contribution in [3.63, 3.8) is 0 Å². The first-order valence-corrected chi connectivity index (χ1v) is 16.3. The Balaban J connectivity index is 0.000000983. The summed E-state index contributed by atoms with van der Waals surface area (Å²) in [6.45, 7) is 18.9. The van der Waals surface area contributed by atoms with Crippen molar-refractivity contribution < 1.29 is 9.53 Å². The molecule has 0 aromatic heterocycles.